The number of halogens is 3. The minimum absolute atomic E-state index is 0.0662. The summed E-state index contributed by atoms with van der Waals surface area (Å²) in [6.07, 6.45) is -2.63. The van der Waals surface area contributed by atoms with Crippen molar-refractivity contribution >= 4 is 17.7 Å². The van der Waals surface area contributed by atoms with Crippen LogP contribution >= 0.6 is 0 Å². The molecule has 6 nitrogen and oxygen atoms in total. The number of aromatic nitrogens is 2. The van der Waals surface area contributed by atoms with Gasteiger partial charge in [-0.05, 0) is 31.2 Å². The number of ether oxygens (including phenoxy) is 1. The molecule has 0 aliphatic heterocycles. The quantitative estimate of drug-likeness (QED) is 0.638. The summed E-state index contributed by atoms with van der Waals surface area (Å²) >= 11 is 0. The Morgan fingerprint density at radius 1 is 1.07 bits per heavy atom. The number of carbonyl (C=O) groups excluding carboxylic acids is 1. The highest BCUT2D eigenvalue weighted by atomic mass is 19.4. The van der Waals surface area contributed by atoms with Gasteiger partial charge in [-0.1, -0.05) is 36.4 Å². The smallest absolute Gasteiger partial charge is 0.405 e. The lowest BCUT2D eigenvalue weighted by Gasteiger charge is -2.10. The van der Waals surface area contributed by atoms with Gasteiger partial charge in [0.15, 0.2) is 0 Å². The van der Waals surface area contributed by atoms with Gasteiger partial charge in [-0.2, -0.15) is 0 Å². The lowest BCUT2D eigenvalue weighted by molar-refractivity contribution is -0.274. The summed E-state index contributed by atoms with van der Waals surface area (Å²) in [6.45, 7) is 1.67. The Kier molecular flexibility index (Phi) is 5.81. The fraction of sp³-hybridized carbons (Fsp3) is 0.143. The van der Waals surface area contributed by atoms with Crippen LogP contribution in [0.1, 0.15) is 11.3 Å². The molecule has 0 bridgehead atoms. The molecule has 0 radical (unpaired) electrons. The molecule has 0 aliphatic rings. The van der Waals surface area contributed by atoms with Crippen molar-refractivity contribution in [2.45, 2.75) is 13.3 Å². The minimum atomic E-state index is -4.85. The van der Waals surface area contributed by atoms with Crippen LogP contribution in [-0.4, -0.2) is 21.6 Å². The summed E-state index contributed by atoms with van der Waals surface area (Å²) in [5.41, 5.74) is 0.866. The molecule has 0 spiro atoms. The van der Waals surface area contributed by atoms with Gasteiger partial charge < -0.3 is 10.1 Å². The predicted octanol–water partition coefficient (Wildman–Crippen LogP) is 4.03. The number of carbonyl (C=O) groups is 1. The first-order valence-electron chi connectivity index (χ1n) is 8.85. The topological polar surface area (TPSA) is 65.3 Å². The third-order valence-corrected chi connectivity index (χ3v) is 4.36. The second-order valence-electron chi connectivity index (χ2n) is 6.34. The first-order chi connectivity index (χ1) is 14.2. The van der Waals surface area contributed by atoms with Gasteiger partial charge in [-0.25, -0.2) is 4.68 Å². The molecule has 0 saturated heterocycles. The van der Waals surface area contributed by atoms with E-state index >= 15 is 0 Å². The van der Waals surface area contributed by atoms with Crippen LogP contribution in [0, 0.1) is 6.92 Å². The van der Waals surface area contributed by atoms with E-state index in [4.69, 9.17) is 0 Å². The van der Waals surface area contributed by atoms with Gasteiger partial charge in [-0.3, -0.25) is 14.3 Å². The Hall–Kier alpha value is -3.75. The molecule has 9 heteroatoms. The summed E-state index contributed by atoms with van der Waals surface area (Å²) in [5.74, 6) is -1.10. The molecule has 0 saturated carbocycles. The predicted molar refractivity (Wildman–Crippen MR) is 107 cm³/mol. The van der Waals surface area contributed by atoms with Gasteiger partial charge >= 0.3 is 6.36 Å². The standard InChI is InChI=1S/C21H18F3N3O3/c1-14-19(20(29)27(26(14)2)16-9-4-3-5-10-16)25-18(28)13-12-15-8-6-7-11-17(15)30-21(22,23)24/h3-13H,1-2H3,(H,25,28)/b13-12+. The van der Waals surface area contributed by atoms with E-state index in [2.05, 4.69) is 10.1 Å². The normalized spacial score (nSPS) is 11.6. The van der Waals surface area contributed by atoms with E-state index in [1.165, 1.54) is 29.0 Å². The fourth-order valence-electron chi connectivity index (χ4n) is 2.88. The maximum absolute atomic E-state index is 12.8. The average molecular weight is 417 g/mol. The van der Waals surface area contributed by atoms with Crippen molar-refractivity contribution in [1.29, 1.82) is 0 Å². The summed E-state index contributed by atoms with van der Waals surface area (Å²) in [6, 6.07) is 14.3. The third-order valence-electron chi connectivity index (χ3n) is 4.36. The highest BCUT2D eigenvalue weighted by Gasteiger charge is 2.31. The number of alkyl halides is 3. The molecule has 0 aliphatic carbocycles. The van der Waals surface area contributed by atoms with E-state index in [0.29, 0.717) is 11.4 Å². The molecule has 3 rings (SSSR count). The molecule has 1 heterocycles. The highest BCUT2D eigenvalue weighted by molar-refractivity contribution is 6.02. The molecule has 1 N–H and O–H groups in total. The molecular weight excluding hydrogens is 399 g/mol. The van der Waals surface area contributed by atoms with Crippen LogP contribution in [0.5, 0.6) is 5.75 Å². The molecule has 0 unspecified atom stereocenters. The van der Waals surface area contributed by atoms with Gasteiger partial charge in [0.1, 0.15) is 11.4 Å². The number of hydrogen-bond donors (Lipinski definition) is 1. The SMILES string of the molecule is Cc1c(NC(=O)/C=C/c2ccccc2OC(F)(F)F)c(=O)n(-c2ccccc2)n1C. The molecule has 2 aromatic carbocycles. The van der Waals surface area contributed by atoms with Crippen molar-refractivity contribution in [1.82, 2.24) is 9.36 Å². The zero-order valence-electron chi connectivity index (χ0n) is 16.1. The number of nitrogens with zero attached hydrogens (tertiary/aromatic N) is 2. The zero-order valence-corrected chi connectivity index (χ0v) is 16.1. The molecular formula is C21H18F3N3O3. The molecule has 0 atom stereocenters. The monoisotopic (exact) mass is 417 g/mol. The fourth-order valence-corrected chi connectivity index (χ4v) is 2.88. The number of rotatable bonds is 5. The van der Waals surface area contributed by atoms with E-state index in [-0.39, 0.29) is 11.3 Å². The van der Waals surface area contributed by atoms with Gasteiger partial charge in [0.2, 0.25) is 5.91 Å². The zero-order chi connectivity index (χ0) is 21.9. The van der Waals surface area contributed by atoms with Crippen LogP contribution in [0.4, 0.5) is 18.9 Å². The summed E-state index contributed by atoms with van der Waals surface area (Å²) in [4.78, 5) is 25.1. The Morgan fingerprint density at radius 3 is 2.37 bits per heavy atom. The summed E-state index contributed by atoms with van der Waals surface area (Å²) in [5, 5.41) is 2.50. The van der Waals surface area contributed by atoms with Crippen LogP contribution in [-0.2, 0) is 11.8 Å². The molecule has 3 aromatic rings. The van der Waals surface area contributed by atoms with Crippen LogP contribution in [0.3, 0.4) is 0 Å². The minimum Gasteiger partial charge on any atom is -0.405 e. The van der Waals surface area contributed by atoms with Gasteiger partial charge in [-0.15, -0.1) is 13.2 Å². The average Bonchev–Trinajstić information content (AvgIpc) is 2.90. The van der Waals surface area contributed by atoms with E-state index in [1.54, 1.807) is 42.9 Å². The Balaban J connectivity index is 1.84. The number of para-hydroxylation sites is 2. The maximum atomic E-state index is 12.8. The highest BCUT2D eigenvalue weighted by Crippen LogP contribution is 2.27. The lowest BCUT2D eigenvalue weighted by atomic mass is 10.2. The van der Waals surface area contributed by atoms with Gasteiger partial charge in [0.25, 0.3) is 5.56 Å². The lowest BCUT2D eigenvalue weighted by Crippen LogP contribution is -2.22. The van der Waals surface area contributed by atoms with Crippen LogP contribution < -0.4 is 15.6 Å². The van der Waals surface area contributed by atoms with Crippen LogP contribution in [0.25, 0.3) is 11.8 Å². The van der Waals surface area contributed by atoms with Crippen molar-refractivity contribution in [2.75, 3.05) is 5.32 Å². The van der Waals surface area contributed by atoms with Gasteiger partial charge in [0.05, 0.1) is 11.4 Å². The Labute approximate surface area is 169 Å². The van der Waals surface area contributed by atoms with Gasteiger partial charge in [0, 0.05) is 18.7 Å². The molecule has 1 amide bonds. The third kappa shape index (κ3) is 4.62. The molecule has 30 heavy (non-hydrogen) atoms. The summed E-state index contributed by atoms with van der Waals surface area (Å²) in [7, 11) is 1.68. The maximum Gasteiger partial charge on any atom is 0.573 e. The number of benzene rings is 2. The van der Waals surface area contributed by atoms with Crippen molar-refractivity contribution < 1.29 is 22.7 Å². The van der Waals surface area contributed by atoms with Crippen LogP contribution in [0.2, 0.25) is 0 Å². The van der Waals surface area contributed by atoms with E-state index in [0.717, 1.165) is 12.1 Å². The Bertz CT molecular complexity index is 1150. The van der Waals surface area contributed by atoms with E-state index in [1.807, 2.05) is 6.07 Å². The molecule has 156 valence electrons. The first kappa shape index (κ1) is 21.0. The van der Waals surface area contributed by atoms with E-state index < -0.39 is 23.6 Å². The summed E-state index contributed by atoms with van der Waals surface area (Å²) < 4.78 is 44.5. The number of amides is 1. The second-order valence-corrected chi connectivity index (χ2v) is 6.34. The van der Waals surface area contributed by atoms with Crippen molar-refractivity contribution in [3.63, 3.8) is 0 Å². The molecule has 0 fully saturated rings. The number of hydrogen-bond acceptors (Lipinski definition) is 3. The molecule has 1 aromatic heterocycles. The van der Waals surface area contributed by atoms with Crippen LogP contribution in [0.15, 0.2) is 65.5 Å². The van der Waals surface area contributed by atoms with Crippen molar-refractivity contribution in [3.05, 3.63) is 82.3 Å². The van der Waals surface area contributed by atoms with Crippen molar-refractivity contribution in [3.8, 4) is 11.4 Å². The Morgan fingerprint density at radius 2 is 1.70 bits per heavy atom. The first-order valence-corrected chi connectivity index (χ1v) is 8.85. The second kappa shape index (κ2) is 8.32. The number of nitrogens with one attached hydrogen (secondary N) is 1. The largest absolute Gasteiger partial charge is 0.573 e. The van der Waals surface area contributed by atoms with E-state index in [9.17, 15) is 22.8 Å². The van der Waals surface area contributed by atoms with Crippen molar-refractivity contribution in [2.24, 2.45) is 7.05 Å². The number of anilines is 1.